The molecule has 0 saturated carbocycles. The molecule has 1 fully saturated rings. The molecule has 2 heterocycles. The maximum Gasteiger partial charge on any atom is 0.262 e. The standard InChI is InChI=1S/C19H26N4O4S/c1-14(2)22-12-18(20-13-22)28(25,26)23-10-6-7-15(11-23)19(24)21-16-8-4-5-9-17(16)27-3/h4-5,8-9,12-15H,6-7,10-11H2,1-3H3,(H,21,24)/t15-/m0/s1. The third-order valence-corrected chi connectivity index (χ3v) is 6.65. The zero-order valence-electron chi connectivity index (χ0n) is 16.3. The molecule has 8 nitrogen and oxygen atoms in total. The van der Waals surface area contributed by atoms with Crippen molar-refractivity contribution in [2.24, 2.45) is 5.92 Å². The first kappa shape index (κ1) is 20.3. The van der Waals surface area contributed by atoms with Gasteiger partial charge in [0.25, 0.3) is 10.0 Å². The van der Waals surface area contributed by atoms with E-state index in [0.29, 0.717) is 30.8 Å². The van der Waals surface area contributed by atoms with Gasteiger partial charge in [-0.15, -0.1) is 0 Å². The average molecular weight is 407 g/mol. The third kappa shape index (κ3) is 4.20. The van der Waals surface area contributed by atoms with Crippen molar-refractivity contribution in [2.75, 3.05) is 25.5 Å². The number of methoxy groups -OCH3 is 1. The van der Waals surface area contributed by atoms with Gasteiger partial charge in [-0.3, -0.25) is 4.79 Å². The van der Waals surface area contributed by atoms with Crippen molar-refractivity contribution in [1.82, 2.24) is 13.9 Å². The molecule has 152 valence electrons. The minimum atomic E-state index is -3.73. The van der Waals surface area contributed by atoms with Gasteiger partial charge in [-0.1, -0.05) is 12.1 Å². The number of imidazole rings is 1. The smallest absolute Gasteiger partial charge is 0.262 e. The fraction of sp³-hybridized carbons (Fsp3) is 0.474. The Kier molecular flexibility index (Phi) is 6.04. The molecule has 0 spiro atoms. The van der Waals surface area contributed by atoms with Gasteiger partial charge < -0.3 is 14.6 Å². The summed E-state index contributed by atoms with van der Waals surface area (Å²) >= 11 is 0. The summed E-state index contributed by atoms with van der Waals surface area (Å²) in [4.78, 5) is 16.8. The lowest BCUT2D eigenvalue weighted by Gasteiger charge is -2.30. The van der Waals surface area contributed by atoms with E-state index in [1.165, 1.54) is 17.7 Å². The molecule has 1 aliphatic rings. The van der Waals surface area contributed by atoms with Crippen LogP contribution in [0, 0.1) is 5.92 Å². The summed E-state index contributed by atoms with van der Waals surface area (Å²) in [5.74, 6) is -0.0758. The summed E-state index contributed by atoms with van der Waals surface area (Å²) in [5.41, 5.74) is 0.575. The normalized spacial score (nSPS) is 18.2. The van der Waals surface area contributed by atoms with Crippen LogP contribution in [0.5, 0.6) is 5.75 Å². The van der Waals surface area contributed by atoms with Gasteiger partial charge in [-0.05, 0) is 38.8 Å². The maximum atomic E-state index is 12.9. The van der Waals surface area contributed by atoms with Crippen LogP contribution in [0.1, 0.15) is 32.7 Å². The Morgan fingerprint density at radius 2 is 2.07 bits per heavy atom. The van der Waals surface area contributed by atoms with E-state index in [1.807, 2.05) is 19.9 Å². The second-order valence-electron chi connectivity index (χ2n) is 7.14. The van der Waals surface area contributed by atoms with Crippen molar-refractivity contribution in [3.05, 3.63) is 36.8 Å². The molecular formula is C19H26N4O4S. The molecule has 0 radical (unpaired) electrons. The van der Waals surface area contributed by atoms with E-state index in [0.717, 1.165) is 0 Å². The molecule has 0 unspecified atom stereocenters. The molecule has 1 aliphatic heterocycles. The molecule has 1 N–H and O–H groups in total. The number of carbonyl (C=O) groups is 1. The first-order chi connectivity index (χ1) is 13.3. The van der Waals surface area contributed by atoms with Crippen molar-refractivity contribution < 1.29 is 17.9 Å². The number of para-hydroxylation sites is 2. The van der Waals surface area contributed by atoms with Gasteiger partial charge in [-0.25, -0.2) is 13.4 Å². The van der Waals surface area contributed by atoms with Crippen LogP contribution in [-0.4, -0.2) is 48.4 Å². The van der Waals surface area contributed by atoms with E-state index in [9.17, 15) is 13.2 Å². The van der Waals surface area contributed by atoms with E-state index in [4.69, 9.17) is 4.74 Å². The van der Waals surface area contributed by atoms with E-state index < -0.39 is 15.9 Å². The lowest BCUT2D eigenvalue weighted by molar-refractivity contribution is -0.120. The Labute approximate surface area is 165 Å². The van der Waals surface area contributed by atoms with Crippen LogP contribution in [0.3, 0.4) is 0 Å². The van der Waals surface area contributed by atoms with Gasteiger partial charge >= 0.3 is 0 Å². The molecule has 1 atom stereocenters. The monoisotopic (exact) mass is 406 g/mol. The van der Waals surface area contributed by atoms with E-state index in [-0.39, 0.29) is 23.5 Å². The van der Waals surface area contributed by atoms with Gasteiger partial charge in [-0.2, -0.15) is 4.31 Å². The number of benzene rings is 1. The largest absolute Gasteiger partial charge is 0.495 e. The topological polar surface area (TPSA) is 93.5 Å². The Morgan fingerprint density at radius 1 is 1.32 bits per heavy atom. The number of nitrogens with one attached hydrogen (secondary N) is 1. The van der Waals surface area contributed by atoms with E-state index in [2.05, 4.69) is 10.3 Å². The van der Waals surface area contributed by atoms with Crippen LogP contribution in [0.4, 0.5) is 5.69 Å². The molecule has 1 aromatic carbocycles. The fourth-order valence-electron chi connectivity index (χ4n) is 3.22. The number of hydrogen-bond donors (Lipinski definition) is 1. The van der Waals surface area contributed by atoms with Gasteiger partial charge in [0.2, 0.25) is 5.91 Å². The zero-order chi connectivity index (χ0) is 20.3. The minimum Gasteiger partial charge on any atom is -0.495 e. The molecular weight excluding hydrogens is 380 g/mol. The summed E-state index contributed by atoms with van der Waals surface area (Å²) in [7, 11) is -2.19. The Bertz CT molecular complexity index is 939. The van der Waals surface area contributed by atoms with Crippen LogP contribution in [0.15, 0.2) is 41.8 Å². The van der Waals surface area contributed by atoms with Gasteiger partial charge in [0.05, 0.1) is 25.0 Å². The summed E-state index contributed by atoms with van der Waals surface area (Å²) in [6, 6.07) is 7.27. The zero-order valence-corrected chi connectivity index (χ0v) is 17.1. The van der Waals surface area contributed by atoms with Crippen LogP contribution in [-0.2, 0) is 14.8 Å². The molecule has 0 aliphatic carbocycles. The first-order valence-electron chi connectivity index (χ1n) is 9.30. The number of rotatable bonds is 6. The second-order valence-corrected chi connectivity index (χ2v) is 9.03. The minimum absolute atomic E-state index is 0.0204. The quantitative estimate of drug-likeness (QED) is 0.796. The Morgan fingerprint density at radius 3 is 2.75 bits per heavy atom. The van der Waals surface area contributed by atoms with E-state index >= 15 is 0 Å². The van der Waals surface area contributed by atoms with Crippen molar-refractivity contribution in [3.63, 3.8) is 0 Å². The third-order valence-electron chi connectivity index (χ3n) is 4.90. The number of nitrogens with zero attached hydrogens (tertiary/aromatic N) is 3. The SMILES string of the molecule is COc1ccccc1NC(=O)[C@H]1CCCN(S(=O)(=O)c2cn(C(C)C)cn2)C1. The number of ether oxygens (including phenoxy) is 1. The predicted molar refractivity (Wildman–Crippen MR) is 106 cm³/mol. The molecule has 1 amide bonds. The second kappa shape index (κ2) is 8.32. The van der Waals surface area contributed by atoms with Crippen LogP contribution in [0.2, 0.25) is 0 Å². The first-order valence-corrected chi connectivity index (χ1v) is 10.7. The molecule has 1 saturated heterocycles. The lowest BCUT2D eigenvalue weighted by atomic mass is 9.98. The number of piperidine rings is 1. The van der Waals surface area contributed by atoms with Crippen molar-refractivity contribution in [3.8, 4) is 5.75 Å². The number of amides is 1. The molecule has 9 heteroatoms. The fourth-order valence-corrected chi connectivity index (χ4v) is 4.67. The summed E-state index contributed by atoms with van der Waals surface area (Å²) < 4.78 is 34.3. The van der Waals surface area contributed by atoms with Gasteiger partial charge in [0.15, 0.2) is 5.03 Å². The highest BCUT2D eigenvalue weighted by molar-refractivity contribution is 7.89. The van der Waals surface area contributed by atoms with Gasteiger partial charge in [0.1, 0.15) is 5.75 Å². The summed E-state index contributed by atoms with van der Waals surface area (Å²) in [6.07, 6.45) is 4.31. The summed E-state index contributed by atoms with van der Waals surface area (Å²) in [6.45, 7) is 4.43. The molecule has 0 bridgehead atoms. The number of anilines is 1. The highest BCUT2D eigenvalue weighted by Gasteiger charge is 2.34. The molecule has 2 aromatic rings. The Hall–Kier alpha value is -2.39. The highest BCUT2D eigenvalue weighted by Crippen LogP contribution is 2.27. The van der Waals surface area contributed by atoms with E-state index in [1.54, 1.807) is 29.0 Å². The molecule has 3 rings (SSSR count). The number of sulfonamides is 1. The average Bonchev–Trinajstić information content (AvgIpc) is 3.20. The number of carbonyl (C=O) groups excluding carboxylic acids is 1. The van der Waals surface area contributed by atoms with Crippen molar-refractivity contribution >= 4 is 21.6 Å². The number of hydrogen-bond acceptors (Lipinski definition) is 5. The summed E-state index contributed by atoms with van der Waals surface area (Å²) in [5, 5.41) is 2.88. The van der Waals surface area contributed by atoms with Crippen LogP contribution in [0.25, 0.3) is 0 Å². The highest BCUT2D eigenvalue weighted by atomic mass is 32.2. The maximum absolute atomic E-state index is 12.9. The van der Waals surface area contributed by atoms with Crippen LogP contribution >= 0.6 is 0 Å². The van der Waals surface area contributed by atoms with Crippen LogP contribution < -0.4 is 10.1 Å². The van der Waals surface area contributed by atoms with Crippen molar-refractivity contribution in [1.29, 1.82) is 0 Å². The lowest BCUT2D eigenvalue weighted by Crippen LogP contribution is -2.43. The van der Waals surface area contributed by atoms with Crippen molar-refractivity contribution in [2.45, 2.75) is 37.8 Å². The Balaban J connectivity index is 1.73. The predicted octanol–water partition coefficient (Wildman–Crippen LogP) is 2.51. The van der Waals surface area contributed by atoms with Gasteiger partial charge in [0, 0.05) is 25.3 Å². The number of aromatic nitrogens is 2. The molecule has 28 heavy (non-hydrogen) atoms. The molecule has 1 aromatic heterocycles.